The van der Waals surface area contributed by atoms with Crippen LogP contribution in [0.2, 0.25) is 5.02 Å². The number of benzene rings is 1. The summed E-state index contributed by atoms with van der Waals surface area (Å²) in [5.74, 6) is 0.0687. The van der Waals surface area contributed by atoms with Gasteiger partial charge in [0.25, 0.3) is 0 Å². The molecule has 1 aromatic heterocycles. The van der Waals surface area contributed by atoms with Crippen LogP contribution in [0, 0.1) is 0 Å². The average Bonchev–Trinajstić information content (AvgIpc) is 2.83. The number of esters is 1. The van der Waals surface area contributed by atoms with Gasteiger partial charge in [0.05, 0.1) is 7.11 Å². The number of aromatic nitrogens is 1. The van der Waals surface area contributed by atoms with Crippen LogP contribution in [0.3, 0.4) is 0 Å². The molecule has 1 aliphatic heterocycles. The fourth-order valence-electron chi connectivity index (χ4n) is 2.86. The minimum absolute atomic E-state index is 0.386. The average molecular weight is 335 g/mol. The highest BCUT2D eigenvalue weighted by atomic mass is 35.5. The van der Waals surface area contributed by atoms with Crippen LogP contribution in [0.1, 0.15) is 36.0 Å². The zero-order valence-electron chi connectivity index (χ0n) is 13.0. The van der Waals surface area contributed by atoms with Gasteiger partial charge in [0.2, 0.25) is 5.88 Å². The molecular weight excluding hydrogens is 316 g/mol. The highest BCUT2D eigenvalue weighted by molar-refractivity contribution is 6.30. The number of hydrogen-bond acceptors (Lipinski definition) is 5. The van der Waals surface area contributed by atoms with E-state index < -0.39 is 5.97 Å². The van der Waals surface area contributed by atoms with Gasteiger partial charge in [0, 0.05) is 23.7 Å². The molecule has 0 saturated carbocycles. The van der Waals surface area contributed by atoms with E-state index in [1.807, 2.05) is 12.1 Å². The van der Waals surface area contributed by atoms with Gasteiger partial charge in [-0.15, -0.1) is 0 Å². The van der Waals surface area contributed by atoms with E-state index >= 15 is 0 Å². The zero-order valence-corrected chi connectivity index (χ0v) is 13.8. The molecule has 0 atom stereocenters. The Morgan fingerprint density at radius 2 is 1.83 bits per heavy atom. The second-order valence-corrected chi connectivity index (χ2v) is 6.05. The highest BCUT2D eigenvalue weighted by Crippen LogP contribution is 2.33. The van der Waals surface area contributed by atoms with Crippen molar-refractivity contribution in [3.8, 4) is 11.3 Å². The first-order chi connectivity index (χ1) is 11.2. The summed E-state index contributed by atoms with van der Waals surface area (Å²) >= 11 is 5.93. The molecule has 122 valence electrons. The Morgan fingerprint density at radius 1 is 1.17 bits per heavy atom. The van der Waals surface area contributed by atoms with Crippen LogP contribution in [0.25, 0.3) is 11.3 Å². The first kappa shape index (κ1) is 15.9. The van der Waals surface area contributed by atoms with E-state index in [1.54, 1.807) is 12.1 Å². The third-order valence-corrected chi connectivity index (χ3v) is 4.33. The van der Waals surface area contributed by atoms with Gasteiger partial charge >= 0.3 is 5.97 Å². The summed E-state index contributed by atoms with van der Waals surface area (Å²) in [6.45, 7) is 1.72. The fourth-order valence-corrected chi connectivity index (χ4v) is 2.99. The normalized spacial score (nSPS) is 15.3. The Labute approximate surface area is 140 Å². The number of hydrogen-bond donors (Lipinski definition) is 0. The van der Waals surface area contributed by atoms with Gasteiger partial charge in [-0.05, 0) is 25.0 Å². The molecule has 1 fully saturated rings. The summed E-state index contributed by atoms with van der Waals surface area (Å²) in [6, 6.07) is 7.16. The van der Waals surface area contributed by atoms with E-state index in [0.717, 1.165) is 31.5 Å². The minimum Gasteiger partial charge on any atom is -0.465 e. The summed E-state index contributed by atoms with van der Waals surface area (Å²) in [5.41, 5.74) is 1.66. The third-order valence-electron chi connectivity index (χ3n) is 4.07. The summed E-state index contributed by atoms with van der Waals surface area (Å²) in [6.07, 6.45) is 4.56. The van der Waals surface area contributed by atoms with Gasteiger partial charge in [-0.1, -0.05) is 41.7 Å². The number of methoxy groups -OCH3 is 1. The molecule has 0 radical (unpaired) electrons. The third kappa shape index (κ3) is 3.34. The van der Waals surface area contributed by atoms with Crippen molar-refractivity contribution in [2.45, 2.75) is 25.7 Å². The molecule has 0 unspecified atom stereocenters. The fraction of sp³-hybridized carbons (Fsp3) is 0.412. The first-order valence-electron chi connectivity index (χ1n) is 7.79. The number of halogens is 1. The quantitative estimate of drug-likeness (QED) is 0.789. The first-order valence-corrected chi connectivity index (χ1v) is 8.17. The van der Waals surface area contributed by atoms with Crippen molar-refractivity contribution >= 4 is 23.5 Å². The van der Waals surface area contributed by atoms with Gasteiger partial charge in [0.1, 0.15) is 5.69 Å². The maximum Gasteiger partial charge on any atom is 0.345 e. The molecule has 0 amide bonds. The number of carbonyl (C=O) groups excluding carboxylic acids is 1. The van der Waals surface area contributed by atoms with E-state index in [-0.39, 0.29) is 0 Å². The van der Waals surface area contributed by atoms with Crippen molar-refractivity contribution in [2.24, 2.45) is 0 Å². The Balaban J connectivity index is 2.03. The number of rotatable bonds is 3. The number of nitrogens with zero attached hydrogens (tertiary/aromatic N) is 2. The molecule has 2 heterocycles. The zero-order chi connectivity index (χ0) is 16.2. The predicted molar refractivity (Wildman–Crippen MR) is 89.0 cm³/mol. The van der Waals surface area contributed by atoms with Gasteiger partial charge in [-0.25, -0.2) is 4.79 Å². The van der Waals surface area contributed by atoms with E-state index in [9.17, 15) is 4.79 Å². The molecule has 2 aromatic rings. The lowest BCUT2D eigenvalue weighted by Gasteiger charge is -2.19. The molecular formula is C17H19ClN2O3. The van der Waals surface area contributed by atoms with Crippen molar-refractivity contribution < 1.29 is 14.1 Å². The van der Waals surface area contributed by atoms with E-state index in [2.05, 4.69) is 10.1 Å². The molecule has 1 aromatic carbocycles. The molecule has 23 heavy (non-hydrogen) atoms. The largest absolute Gasteiger partial charge is 0.465 e. The van der Waals surface area contributed by atoms with Crippen molar-refractivity contribution in [2.75, 3.05) is 25.1 Å². The van der Waals surface area contributed by atoms with Crippen molar-refractivity contribution in [3.05, 3.63) is 34.9 Å². The number of carbonyl (C=O) groups is 1. The molecule has 1 saturated heterocycles. The number of ether oxygens (including phenoxy) is 1. The SMILES string of the molecule is COC(=O)c1c(-c2ccc(Cl)cc2)noc1N1CCCCCC1. The molecule has 0 bridgehead atoms. The monoisotopic (exact) mass is 334 g/mol. The highest BCUT2D eigenvalue weighted by Gasteiger charge is 2.28. The summed E-state index contributed by atoms with van der Waals surface area (Å²) in [7, 11) is 1.37. The summed E-state index contributed by atoms with van der Waals surface area (Å²) in [5, 5.41) is 4.76. The van der Waals surface area contributed by atoms with Crippen molar-refractivity contribution in [1.82, 2.24) is 5.16 Å². The molecule has 6 heteroatoms. The van der Waals surface area contributed by atoms with E-state index in [4.69, 9.17) is 20.9 Å². The van der Waals surface area contributed by atoms with E-state index in [1.165, 1.54) is 20.0 Å². The number of anilines is 1. The molecule has 0 aliphatic carbocycles. The van der Waals surface area contributed by atoms with E-state index in [0.29, 0.717) is 22.2 Å². The lowest BCUT2D eigenvalue weighted by molar-refractivity contribution is 0.0601. The van der Waals surface area contributed by atoms with Crippen LogP contribution >= 0.6 is 11.6 Å². The van der Waals surface area contributed by atoms with Crippen molar-refractivity contribution in [1.29, 1.82) is 0 Å². The maximum atomic E-state index is 12.3. The Hall–Kier alpha value is -2.01. The van der Waals surface area contributed by atoms with Crippen LogP contribution in [-0.4, -0.2) is 31.3 Å². The van der Waals surface area contributed by atoms with Crippen LogP contribution in [0.5, 0.6) is 0 Å². The Morgan fingerprint density at radius 3 is 2.43 bits per heavy atom. The van der Waals surface area contributed by atoms with Gasteiger partial charge in [0.15, 0.2) is 5.56 Å². The summed E-state index contributed by atoms with van der Waals surface area (Å²) in [4.78, 5) is 14.4. The second kappa shape index (κ2) is 7.04. The van der Waals surface area contributed by atoms with Gasteiger partial charge in [-0.3, -0.25) is 0 Å². The smallest absolute Gasteiger partial charge is 0.345 e. The molecule has 1 aliphatic rings. The molecule has 0 spiro atoms. The minimum atomic E-state index is -0.435. The Bertz CT molecular complexity index is 674. The van der Waals surface area contributed by atoms with Gasteiger partial charge in [-0.2, -0.15) is 0 Å². The molecule has 3 rings (SSSR count). The van der Waals surface area contributed by atoms with Crippen LogP contribution in [0.4, 0.5) is 5.88 Å². The van der Waals surface area contributed by atoms with Crippen LogP contribution in [-0.2, 0) is 4.74 Å². The molecule has 0 N–H and O–H groups in total. The standard InChI is InChI=1S/C17H19ClN2O3/c1-22-17(21)14-15(12-6-8-13(18)9-7-12)19-23-16(14)20-10-4-2-3-5-11-20/h6-9H,2-5,10-11H2,1H3. The second-order valence-electron chi connectivity index (χ2n) is 5.61. The van der Waals surface area contributed by atoms with Crippen molar-refractivity contribution in [3.63, 3.8) is 0 Å². The van der Waals surface area contributed by atoms with Crippen LogP contribution < -0.4 is 4.90 Å². The summed E-state index contributed by atoms with van der Waals surface area (Å²) < 4.78 is 10.5. The maximum absolute atomic E-state index is 12.3. The Kier molecular flexibility index (Phi) is 4.86. The van der Waals surface area contributed by atoms with Gasteiger partial charge < -0.3 is 14.2 Å². The van der Waals surface area contributed by atoms with Crippen LogP contribution in [0.15, 0.2) is 28.8 Å². The lowest BCUT2D eigenvalue weighted by atomic mass is 10.1. The molecule has 5 nitrogen and oxygen atoms in total. The lowest BCUT2D eigenvalue weighted by Crippen LogP contribution is -2.25. The predicted octanol–water partition coefficient (Wildman–Crippen LogP) is 4.16. The topological polar surface area (TPSA) is 55.6 Å².